The molecule has 3 aliphatic heterocycles. The number of likely N-dealkylation sites (tertiary alicyclic amines) is 1. The number of carbonyl (C=O) groups excluding carboxylic acids is 2. The predicted molar refractivity (Wildman–Crippen MR) is 138 cm³/mol. The Kier molecular flexibility index (Phi) is 7.35. The van der Waals surface area contributed by atoms with Crippen LogP contribution in [0.5, 0.6) is 11.5 Å². The van der Waals surface area contributed by atoms with Crippen LogP contribution in [0.15, 0.2) is 42.5 Å². The maximum absolute atomic E-state index is 13.7. The van der Waals surface area contributed by atoms with E-state index < -0.39 is 0 Å². The molecule has 0 spiro atoms. The smallest absolute Gasteiger partial charge is 0.317 e. The Hall–Kier alpha value is -3.22. The number of piperidine rings is 2. The largest absolute Gasteiger partial charge is 0.490 e. The third kappa shape index (κ3) is 4.75. The minimum atomic E-state index is -0.120. The summed E-state index contributed by atoms with van der Waals surface area (Å²) in [5.74, 6) is 1.57. The van der Waals surface area contributed by atoms with Crippen LogP contribution in [0.3, 0.4) is 0 Å². The quantitative estimate of drug-likeness (QED) is 0.625. The van der Waals surface area contributed by atoms with Gasteiger partial charge in [-0.25, -0.2) is 4.79 Å². The summed E-state index contributed by atoms with van der Waals surface area (Å²) < 4.78 is 11.8. The van der Waals surface area contributed by atoms with Gasteiger partial charge in [0.15, 0.2) is 11.5 Å². The van der Waals surface area contributed by atoms with Gasteiger partial charge in [-0.1, -0.05) is 30.3 Å². The van der Waals surface area contributed by atoms with Crippen molar-refractivity contribution in [1.29, 1.82) is 0 Å². The van der Waals surface area contributed by atoms with E-state index in [0.29, 0.717) is 32.8 Å². The van der Waals surface area contributed by atoms with Crippen molar-refractivity contribution in [3.63, 3.8) is 0 Å². The normalized spacial score (nSPS) is 22.8. The molecule has 0 unspecified atom stereocenters. The Morgan fingerprint density at radius 3 is 2.56 bits per heavy atom. The second-order valence-corrected chi connectivity index (χ2v) is 9.87. The highest BCUT2D eigenvalue weighted by Crippen LogP contribution is 2.46. The summed E-state index contributed by atoms with van der Waals surface area (Å²) in [5.41, 5.74) is 3.55. The molecule has 2 aromatic rings. The average Bonchev–Trinajstić information content (AvgIpc) is 2.90. The summed E-state index contributed by atoms with van der Waals surface area (Å²) in [4.78, 5) is 30.9. The van der Waals surface area contributed by atoms with Crippen molar-refractivity contribution in [3.8, 4) is 11.5 Å². The first-order valence-electron chi connectivity index (χ1n) is 13.4. The van der Waals surface area contributed by atoms with Gasteiger partial charge in [0.25, 0.3) is 0 Å². The van der Waals surface area contributed by atoms with Crippen LogP contribution < -0.4 is 14.8 Å². The van der Waals surface area contributed by atoms with Gasteiger partial charge in [0.05, 0.1) is 25.2 Å². The van der Waals surface area contributed by atoms with Crippen LogP contribution >= 0.6 is 0 Å². The van der Waals surface area contributed by atoms with Gasteiger partial charge in [-0.2, -0.15) is 0 Å². The summed E-state index contributed by atoms with van der Waals surface area (Å²) in [6, 6.07) is 14.2. The van der Waals surface area contributed by atoms with E-state index in [-0.39, 0.29) is 29.9 Å². The summed E-state index contributed by atoms with van der Waals surface area (Å²) >= 11 is 0. The van der Waals surface area contributed by atoms with Crippen LogP contribution in [0, 0.1) is 5.92 Å². The zero-order valence-corrected chi connectivity index (χ0v) is 21.4. The van der Waals surface area contributed by atoms with Gasteiger partial charge in [-0.15, -0.1) is 0 Å². The van der Waals surface area contributed by atoms with E-state index in [1.54, 1.807) is 0 Å². The highest BCUT2D eigenvalue weighted by atomic mass is 16.5. The zero-order chi connectivity index (χ0) is 25.1. The van der Waals surface area contributed by atoms with Crippen molar-refractivity contribution in [2.24, 2.45) is 5.92 Å². The number of amides is 3. The monoisotopic (exact) mass is 491 g/mol. The second-order valence-electron chi connectivity index (χ2n) is 9.87. The summed E-state index contributed by atoms with van der Waals surface area (Å²) in [5, 5.41) is 3.11. The Labute approximate surface area is 213 Å². The lowest BCUT2D eigenvalue weighted by Gasteiger charge is -2.51. The van der Waals surface area contributed by atoms with Gasteiger partial charge in [-0.3, -0.25) is 4.79 Å². The van der Waals surface area contributed by atoms with Crippen molar-refractivity contribution >= 4 is 11.9 Å². The van der Waals surface area contributed by atoms with Gasteiger partial charge in [0.2, 0.25) is 5.91 Å². The van der Waals surface area contributed by atoms with E-state index in [9.17, 15) is 9.59 Å². The Morgan fingerprint density at radius 2 is 1.81 bits per heavy atom. The van der Waals surface area contributed by atoms with Gasteiger partial charge < -0.3 is 24.6 Å². The molecule has 3 aliphatic rings. The lowest BCUT2D eigenvalue weighted by molar-refractivity contribution is -0.148. The molecule has 2 aromatic carbocycles. The highest BCUT2D eigenvalue weighted by Gasteiger charge is 2.48. The van der Waals surface area contributed by atoms with E-state index in [4.69, 9.17) is 9.47 Å². The van der Waals surface area contributed by atoms with Crippen LogP contribution in [0.4, 0.5) is 4.79 Å². The summed E-state index contributed by atoms with van der Waals surface area (Å²) in [6.45, 7) is 7.05. The maximum atomic E-state index is 13.7. The predicted octanol–water partition coefficient (Wildman–Crippen LogP) is 4.35. The standard InChI is InChI=1S/C29H37N3O4/c1-3-35-26-17-21-13-16-31-25(23(21)18-27(26)36-4-2)19-24-22(28(31)33)11-8-15-32(24)29(34)30-14-12-20-9-6-5-7-10-20/h5-7,9-10,17-18,22,24-25H,3-4,8,11-16,19H2,1-2H3,(H,30,34)/t22-,24-,25+/m1/s1. The van der Waals surface area contributed by atoms with Crippen LogP contribution in [0.25, 0.3) is 0 Å². The van der Waals surface area contributed by atoms with Gasteiger partial charge >= 0.3 is 6.03 Å². The number of nitrogens with one attached hydrogen (secondary N) is 1. The fourth-order valence-electron chi connectivity index (χ4n) is 6.15. The Morgan fingerprint density at radius 1 is 1.06 bits per heavy atom. The fourth-order valence-corrected chi connectivity index (χ4v) is 6.15. The van der Waals surface area contributed by atoms with Crippen molar-refractivity contribution in [3.05, 3.63) is 59.2 Å². The first-order chi connectivity index (χ1) is 17.6. The molecule has 2 fully saturated rings. The number of rotatable bonds is 7. The molecule has 1 N–H and O–H groups in total. The number of fused-ring (bicyclic) bond motifs is 4. The van der Waals surface area contributed by atoms with Crippen LogP contribution in [-0.2, 0) is 17.6 Å². The molecule has 3 amide bonds. The molecule has 36 heavy (non-hydrogen) atoms. The van der Waals surface area contributed by atoms with Crippen molar-refractivity contribution in [1.82, 2.24) is 15.1 Å². The minimum Gasteiger partial charge on any atom is -0.490 e. The third-order valence-electron chi connectivity index (χ3n) is 7.80. The topological polar surface area (TPSA) is 71.1 Å². The van der Waals surface area contributed by atoms with E-state index in [0.717, 1.165) is 49.2 Å². The molecule has 7 heteroatoms. The number of hydrogen-bond donors (Lipinski definition) is 1. The molecule has 2 saturated heterocycles. The van der Waals surface area contributed by atoms with Crippen molar-refractivity contribution < 1.29 is 19.1 Å². The first-order valence-corrected chi connectivity index (χ1v) is 13.4. The highest BCUT2D eigenvalue weighted by molar-refractivity contribution is 5.83. The maximum Gasteiger partial charge on any atom is 0.317 e. The Balaban J connectivity index is 1.35. The molecule has 0 radical (unpaired) electrons. The van der Waals surface area contributed by atoms with Crippen LogP contribution in [-0.4, -0.2) is 60.6 Å². The second kappa shape index (κ2) is 10.8. The number of ether oxygens (including phenoxy) is 2. The molecule has 3 atom stereocenters. The molecular weight excluding hydrogens is 454 g/mol. The van der Waals surface area contributed by atoms with Crippen molar-refractivity contribution in [2.75, 3.05) is 32.8 Å². The van der Waals surface area contributed by atoms with E-state index in [1.165, 1.54) is 11.1 Å². The molecule has 7 nitrogen and oxygen atoms in total. The van der Waals surface area contributed by atoms with E-state index >= 15 is 0 Å². The van der Waals surface area contributed by atoms with Crippen LogP contribution in [0.2, 0.25) is 0 Å². The molecule has 0 aromatic heterocycles. The zero-order valence-electron chi connectivity index (χ0n) is 21.4. The van der Waals surface area contributed by atoms with Gasteiger partial charge in [-0.05, 0) is 74.8 Å². The van der Waals surface area contributed by atoms with E-state index in [1.807, 2.05) is 36.9 Å². The first kappa shape index (κ1) is 24.5. The van der Waals surface area contributed by atoms with E-state index in [2.05, 4.69) is 34.5 Å². The molecule has 3 heterocycles. The average molecular weight is 492 g/mol. The van der Waals surface area contributed by atoms with Crippen molar-refractivity contribution in [2.45, 2.75) is 58.0 Å². The minimum absolute atomic E-state index is 0.0462. The molecule has 192 valence electrons. The molecule has 0 bridgehead atoms. The number of hydrogen-bond acceptors (Lipinski definition) is 4. The molecular formula is C29H37N3O4. The number of carbonyl (C=O) groups is 2. The number of nitrogens with zero attached hydrogens (tertiary/aromatic N) is 2. The summed E-state index contributed by atoms with van der Waals surface area (Å²) in [7, 11) is 0. The fraction of sp³-hybridized carbons (Fsp3) is 0.517. The molecule has 0 aliphatic carbocycles. The number of urea groups is 1. The SMILES string of the molecule is CCOc1cc2c(cc1OCC)[C@@H]1C[C@@H]3[C@@H](CCCN3C(=O)NCCc3ccccc3)C(=O)N1CC2. The third-order valence-corrected chi connectivity index (χ3v) is 7.80. The lowest BCUT2D eigenvalue weighted by atomic mass is 9.76. The molecule has 5 rings (SSSR count). The molecule has 0 saturated carbocycles. The van der Waals surface area contributed by atoms with Gasteiger partial charge in [0, 0.05) is 25.7 Å². The van der Waals surface area contributed by atoms with Gasteiger partial charge in [0.1, 0.15) is 0 Å². The van der Waals surface area contributed by atoms with Crippen LogP contribution in [0.1, 0.15) is 55.8 Å². The number of benzene rings is 2. The Bertz CT molecular complexity index is 1090. The summed E-state index contributed by atoms with van der Waals surface area (Å²) in [6.07, 6.45) is 4.07. The lowest BCUT2D eigenvalue weighted by Crippen LogP contribution is -2.61.